The SMILES string of the molecule is Cc1cnc(NN)nc1NCC(C)(C)c1cccs1. The number of aryl methyl sites for hydroxylation is 1. The Balaban J connectivity index is 2.10. The number of nitrogen functional groups attached to an aromatic ring is 1. The van der Waals surface area contributed by atoms with E-state index in [1.165, 1.54) is 4.88 Å². The van der Waals surface area contributed by atoms with Crippen molar-refractivity contribution in [1.82, 2.24) is 9.97 Å². The van der Waals surface area contributed by atoms with Gasteiger partial charge in [-0.1, -0.05) is 19.9 Å². The van der Waals surface area contributed by atoms with Crippen LogP contribution in [-0.2, 0) is 5.41 Å². The highest BCUT2D eigenvalue weighted by atomic mass is 32.1. The molecule has 0 unspecified atom stereocenters. The van der Waals surface area contributed by atoms with Crippen LogP contribution in [0.4, 0.5) is 11.8 Å². The number of nitrogens with zero attached hydrogens (tertiary/aromatic N) is 2. The Morgan fingerprint density at radius 1 is 1.42 bits per heavy atom. The summed E-state index contributed by atoms with van der Waals surface area (Å²) >= 11 is 1.77. The lowest BCUT2D eigenvalue weighted by Gasteiger charge is -2.24. The monoisotopic (exact) mass is 277 g/mol. The molecule has 0 aliphatic heterocycles. The molecule has 0 spiro atoms. The van der Waals surface area contributed by atoms with Crippen LogP contribution in [0.2, 0.25) is 0 Å². The van der Waals surface area contributed by atoms with Crippen LogP contribution in [0.25, 0.3) is 0 Å². The number of anilines is 2. The van der Waals surface area contributed by atoms with Crippen molar-refractivity contribution in [2.75, 3.05) is 17.3 Å². The van der Waals surface area contributed by atoms with Crippen LogP contribution < -0.4 is 16.6 Å². The van der Waals surface area contributed by atoms with E-state index in [-0.39, 0.29) is 5.41 Å². The van der Waals surface area contributed by atoms with Crippen molar-refractivity contribution in [2.45, 2.75) is 26.2 Å². The number of hydrogen-bond donors (Lipinski definition) is 3. The summed E-state index contributed by atoms with van der Waals surface area (Å²) in [5, 5.41) is 5.48. The van der Waals surface area contributed by atoms with Crippen LogP contribution in [0.15, 0.2) is 23.7 Å². The first kappa shape index (κ1) is 13.8. The van der Waals surface area contributed by atoms with Gasteiger partial charge in [0.1, 0.15) is 5.82 Å². The molecule has 2 aromatic heterocycles. The number of rotatable bonds is 5. The maximum Gasteiger partial charge on any atom is 0.239 e. The second kappa shape index (κ2) is 5.54. The van der Waals surface area contributed by atoms with Crippen molar-refractivity contribution >= 4 is 23.1 Å². The molecule has 0 saturated heterocycles. The van der Waals surface area contributed by atoms with Gasteiger partial charge in [0.05, 0.1) is 0 Å². The summed E-state index contributed by atoms with van der Waals surface area (Å²) in [6.45, 7) is 7.20. The normalized spacial score (nSPS) is 11.4. The third-order valence-corrected chi connectivity index (χ3v) is 4.22. The average molecular weight is 277 g/mol. The summed E-state index contributed by atoms with van der Waals surface area (Å²) in [5.74, 6) is 6.56. The van der Waals surface area contributed by atoms with E-state index < -0.39 is 0 Å². The lowest BCUT2D eigenvalue weighted by Crippen LogP contribution is -2.27. The molecule has 2 rings (SSSR count). The summed E-state index contributed by atoms with van der Waals surface area (Å²) in [5.41, 5.74) is 3.52. The zero-order valence-corrected chi connectivity index (χ0v) is 12.2. The molecule has 0 bridgehead atoms. The fourth-order valence-corrected chi connectivity index (χ4v) is 2.60. The molecule has 19 heavy (non-hydrogen) atoms. The van der Waals surface area contributed by atoms with E-state index in [4.69, 9.17) is 5.84 Å². The molecule has 102 valence electrons. The molecule has 5 nitrogen and oxygen atoms in total. The fourth-order valence-electron chi connectivity index (χ4n) is 1.75. The molecular formula is C13H19N5S. The smallest absolute Gasteiger partial charge is 0.239 e. The first-order valence-corrected chi connectivity index (χ1v) is 6.99. The Bertz CT molecular complexity index is 536. The van der Waals surface area contributed by atoms with Gasteiger partial charge in [0.25, 0.3) is 0 Å². The summed E-state index contributed by atoms with van der Waals surface area (Å²) in [6, 6.07) is 4.24. The molecule has 0 fully saturated rings. The Morgan fingerprint density at radius 2 is 2.21 bits per heavy atom. The predicted octanol–water partition coefficient (Wildman–Crippen LogP) is 2.52. The van der Waals surface area contributed by atoms with Gasteiger partial charge in [-0.25, -0.2) is 10.8 Å². The van der Waals surface area contributed by atoms with Gasteiger partial charge in [-0.05, 0) is 18.4 Å². The van der Waals surface area contributed by atoms with Crippen molar-refractivity contribution in [2.24, 2.45) is 5.84 Å². The number of nitrogens with two attached hydrogens (primary N) is 1. The second-order valence-corrected chi connectivity index (χ2v) is 6.03. The quantitative estimate of drug-likeness (QED) is 0.578. The molecule has 0 atom stereocenters. The molecule has 0 saturated carbocycles. The Kier molecular flexibility index (Phi) is 4.01. The molecule has 2 aromatic rings. The van der Waals surface area contributed by atoms with Gasteiger partial charge in [-0.2, -0.15) is 4.98 Å². The van der Waals surface area contributed by atoms with Crippen LogP contribution in [0.3, 0.4) is 0 Å². The van der Waals surface area contributed by atoms with Gasteiger partial charge < -0.3 is 5.32 Å². The molecule has 4 N–H and O–H groups in total. The van der Waals surface area contributed by atoms with Crippen LogP contribution in [-0.4, -0.2) is 16.5 Å². The molecule has 0 aromatic carbocycles. The second-order valence-electron chi connectivity index (χ2n) is 5.08. The molecule has 0 radical (unpaired) electrons. The van der Waals surface area contributed by atoms with Gasteiger partial charge in [-0.15, -0.1) is 11.3 Å². The molecule has 0 aliphatic rings. The van der Waals surface area contributed by atoms with Gasteiger partial charge in [0, 0.05) is 28.6 Å². The first-order chi connectivity index (χ1) is 9.03. The highest BCUT2D eigenvalue weighted by Crippen LogP contribution is 2.28. The van der Waals surface area contributed by atoms with Gasteiger partial charge in [0.15, 0.2) is 0 Å². The lowest BCUT2D eigenvalue weighted by atomic mass is 9.91. The van der Waals surface area contributed by atoms with Gasteiger partial charge >= 0.3 is 0 Å². The molecule has 0 aliphatic carbocycles. The van der Waals surface area contributed by atoms with E-state index >= 15 is 0 Å². The van der Waals surface area contributed by atoms with Crippen LogP contribution >= 0.6 is 11.3 Å². The average Bonchev–Trinajstić information content (AvgIpc) is 2.92. The van der Waals surface area contributed by atoms with Crippen molar-refractivity contribution < 1.29 is 0 Å². The van der Waals surface area contributed by atoms with E-state index in [2.05, 4.69) is 52.1 Å². The third kappa shape index (κ3) is 3.21. The van der Waals surface area contributed by atoms with Gasteiger partial charge in [-0.3, -0.25) is 5.43 Å². The summed E-state index contributed by atoms with van der Waals surface area (Å²) in [4.78, 5) is 9.74. The lowest BCUT2D eigenvalue weighted by molar-refractivity contribution is 0.568. The number of aromatic nitrogens is 2. The largest absolute Gasteiger partial charge is 0.369 e. The van der Waals surface area contributed by atoms with E-state index in [1.807, 2.05) is 6.92 Å². The zero-order valence-electron chi connectivity index (χ0n) is 11.4. The summed E-state index contributed by atoms with van der Waals surface area (Å²) < 4.78 is 0. The summed E-state index contributed by atoms with van der Waals surface area (Å²) in [7, 11) is 0. The first-order valence-electron chi connectivity index (χ1n) is 6.11. The van der Waals surface area contributed by atoms with Crippen molar-refractivity contribution in [3.8, 4) is 0 Å². The number of nitrogens with one attached hydrogen (secondary N) is 2. The molecule has 2 heterocycles. The van der Waals surface area contributed by atoms with Crippen molar-refractivity contribution in [3.63, 3.8) is 0 Å². The predicted molar refractivity (Wildman–Crippen MR) is 80.4 cm³/mol. The van der Waals surface area contributed by atoms with Crippen LogP contribution in [0, 0.1) is 6.92 Å². The van der Waals surface area contributed by atoms with E-state index in [9.17, 15) is 0 Å². The molecular weight excluding hydrogens is 258 g/mol. The maximum atomic E-state index is 5.33. The molecule has 6 heteroatoms. The topological polar surface area (TPSA) is 75.9 Å². The Labute approximate surface area is 117 Å². The maximum absolute atomic E-state index is 5.33. The minimum absolute atomic E-state index is 0.0574. The van der Waals surface area contributed by atoms with E-state index in [0.717, 1.165) is 17.9 Å². The number of hydrazine groups is 1. The number of hydrogen-bond acceptors (Lipinski definition) is 6. The van der Waals surface area contributed by atoms with E-state index in [0.29, 0.717) is 5.95 Å². The zero-order chi connectivity index (χ0) is 13.9. The van der Waals surface area contributed by atoms with Crippen molar-refractivity contribution in [1.29, 1.82) is 0 Å². The highest BCUT2D eigenvalue weighted by molar-refractivity contribution is 7.10. The van der Waals surface area contributed by atoms with Crippen LogP contribution in [0.5, 0.6) is 0 Å². The molecule has 0 amide bonds. The van der Waals surface area contributed by atoms with E-state index in [1.54, 1.807) is 17.5 Å². The standard InChI is InChI=1S/C13H19N5S/c1-9-7-15-12(18-14)17-11(9)16-8-13(2,3)10-5-4-6-19-10/h4-7H,8,14H2,1-3H3,(H2,15,16,17,18). The highest BCUT2D eigenvalue weighted by Gasteiger charge is 2.21. The minimum atomic E-state index is 0.0574. The van der Waals surface area contributed by atoms with Gasteiger partial charge in [0.2, 0.25) is 5.95 Å². The third-order valence-electron chi connectivity index (χ3n) is 2.99. The fraction of sp³-hybridized carbons (Fsp3) is 0.385. The Morgan fingerprint density at radius 3 is 2.84 bits per heavy atom. The summed E-state index contributed by atoms with van der Waals surface area (Å²) in [6.07, 6.45) is 1.75. The minimum Gasteiger partial charge on any atom is -0.369 e. The van der Waals surface area contributed by atoms with Crippen molar-refractivity contribution in [3.05, 3.63) is 34.2 Å². The Hall–Kier alpha value is -1.66. The van der Waals surface area contributed by atoms with Crippen LogP contribution in [0.1, 0.15) is 24.3 Å². The number of thiophene rings is 1.